The molecule has 1 aromatic heterocycles. The SMILES string of the molecule is O=C(/C=C/c1ccc(-c2cccc([N+](=O)[O-])c2)o1)Nc1ccc(F)cc1. The molecule has 2 aromatic carbocycles. The van der Waals surface area contributed by atoms with Crippen LogP contribution in [-0.2, 0) is 4.79 Å². The molecule has 0 aliphatic rings. The molecule has 1 heterocycles. The van der Waals surface area contributed by atoms with Crippen LogP contribution in [0.25, 0.3) is 17.4 Å². The molecule has 7 heteroatoms. The zero-order valence-electron chi connectivity index (χ0n) is 13.4. The molecule has 26 heavy (non-hydrogen) atoms. The van der Waals surface area contributed by atoms with Crippen molar-refractivity contribution in [3.63, 3.8) is 0 Å². The molecule has 6 nitrogen and oxygen atoms in total. The smallest absolute Gasteiger partial charge is 0.270 e. The molecule has 0 atom stereocenters. The van der Waals surface area contributed by atoms with Crippen molar-refractivity contribution in [3.8, 4) is 11.3 Å². The van der Waals surface area contributed by atoms with Gasteiger partial charge in [-0.2, -0.15) is 0 Å². The number of amides is 1. The number of halogens is 1. The number of benzene rings is 2. The van der Waals surface area contributed by atoms with Gasteiger partial charge in [0.05, 0.1) is 4.92 Å². The molecule has 0 unspecified atom stereocenters. The molecule has 1 N–H and O–H groups in total. The minimum absolute atomic E-state index is 0.0327. The van der Waals surface area contributed by atoms with E-state index in [1.54, 1.807) is 24.3 Å². The second-order valence-corrected chi connectivity index (χ2v) is 5.34. The molecule has 0 bridgehead atoms. The lowest BCUT2D eigenvalue weighted by atomic mass is 10.1. The number of furan rings is 1. The summed E-state index contributed by atoms with van der Waals surface area (Å²) in [4.78, 5) is 22.2. The first-order valence-corrected chi connectivity index (χ1v) is 7.60. The van der Waals surface area contributed by atoms with Crippen LogP contribution in [0.5, 0.6) is 0 Å². The number of hydrogen-bond donors (Lipinski definition) is 1. The van der Waals surface area contributed by atoms with Crippen molar-refractivity contribution in [1.29, 1.82) is 0 Å². The van der Waals surface area contributed by atoms with Gasteiger partial charge in [-0.05, 0) is 42.5 Å². The Morgan fingerprint density at radius 2 is 1.88 bits per heavy atom. The van der Waals surface area contributed by atoms with E-state index in [2.05, 4.69) is 5.32 Å². The average Bonchev–Trinajstić information content (AvgIpc) is 3.11. The topological polar surface area (TPSA) is 85.4 Å². The first-order valence-electron chi connectivity index (χ1n) is 7.60. The highest BCUT2D eigenvalue weighted by Crippen LogP contribution is 2.26. The summed E-state index contributed by atoms with van der Waals surface area (Å²) < 4.78 is 18.4. The van der Waals surface area contributed by atoms with Crippen molar-refractivity contribution in [3.05, 3.63) is 88.4 Å². The average molecular weight is 352 g/mol. The number of anilines is 1. The molecule has 3 rings (SSSR count). The van der Waals surface area contributed by atoms with Crippen LogP contribution in [0.4, 0.5) is 15.8 Å². The van der Waals surface area contributed by atoms with Gasteiger partial charge in [-0.25, -0.2) is 4.39 Å². The molecular weight excluding hydrogens is 339 g/mol. The van der Waals surface area contributed by atoms with Crippen LogP contribution in [0.15, 0.2) is 71.2 Å². The predicted octanol–water partition coefficient (Wildman–Crippen LogP) is 4.65. The maximum absolute atomic E-state index is 12.8. The van der Waals surface area contributed by atoms with Gasteiger partial charge in [0.25, 0.3) is 5.69 Å². The van der Waals surface area contributed by atoms with Crippen molar-refractivity contribution >= 4 is 23.4 Å². The largest absolute Gasteiger partial charge is 0.457 e. The minimum atomic E-state index is -0.479. The molecular formula is C19H13FN2O4. The van der Waals surface area contributed by atoms with Crippen LogP contribution in [0.3, 0.4) is 0 Å². The van der Waals surface area contributed by atoms with Crippen LogP contribution >= 0.6 is 0 Å². The molecule has 3 aromatic rings. The van der Waals surface area contributed by atoms with Crippen LogP contribution in [0, 0.1) is 15.9 Å². The van der Waals surface area contributed by atoms with E-state index in [9.17, 15) is 19.3 Å². The summed E-state index contributed by atoms with van der Waals surface area (Å²) in [5.74, 6) is 0.0840. The van der Waals surface area contributed by atoms with E-state index in [4.69, 9.17) is 4.42 Å². The van der Waals surface area contributed by atoms with E-state index in [0.29, 0.717) is 22.8 Å². The van der Waals surface area contributed by atoms with Crippen molar-refractivity contribution < 1.29 is 18.5 Å². The van der Waals surface area contributed by atoms with E-state index < -0.39 is 10.8 Å². The number of hydrogen-bond acceptors (Lipinski definition) is 4. The van der Waals surface area contributed by atoms with Crippen molar-refractivity contribution in [2.75, 3.05) is 5.32 Å². The molecule has 0 spiro atoms. The summed E-state index contributed by atoms with van der Waals surface area (Å²) in [6, 6.07) is 14.8. The number of nitrogens with zero attached hydrogens (tertiary/aromatic N) is 1. The van der Waals surface area contributed by atoms with Crippen molar-refractivity contribution in [1.82, 2.24) is 0 Å². The van der Waals surface area contributed by atoms with Gasteiger partial charge >= 0.3 is 0 Å². The molecule has 0 saturated carbocycles. The van der Waals surface area contributed by atoms with Crippen LogP contribution in [0.2, 0.25) is 0 Å². The number of carbonyl (C=O) groups is 1. The van der Waals surface area contributed by atoms with Gasteiger partial charge in [0, 0.05) is 29.5 Å². The number of nitrogens with one attached hydrogen (secondary N) is 1. The monoisotopic (exact) mass is 352 g/mol. The summed E-state index contributed by atoms with van der Waals surface area (Å²) >= 11 is 0. The lowest BCUT2D eigenvalue weighted by Gasteiger charge is -2.00. The third-order valence-electron chi connectivity index (χ3n) is 3.48. The van der Waals surface area contributed by atoms with Gasteiger partial charge in [-0.15, -0.1) is 0 Å². The van der Waals surface area contributed by atoms with E-state index in [1.807, 2.05) is 0 Å². The Balaban J connectivity index is 1.68. The number of non-ortho nitro benzene ring substituents is 1. The van der Waals surface area contributed by atoms with Gasteiger partial charge in [-0.1, -0.05) is 12.1 Å². The van der Waals surface area contributed by atoms with E-state index in [0.717, 1.165) is 0 Å². The molecule has 0 fully saturated rings. The Hall–Kier alpha value is -3.74. The van der Waals surface area contributed by atoms with Crippen LogP contribution in [0.1, 0.15) is 5.76 Å². The molecule has 130 valence electrons. The zero-order valence-corrected chi connectivity index (χ0v) is 13.4. The van der Waals surface area contributed by atoms with Crippen molar-refractivity contribution in [2.45, 2.75) is 0 Å². The third kappa shape index (κ3) is 4.21. The number of carbonyl (C=O) groups excluding carboxylic acids is 1. The summed E-state index contributed by atoms with van der Waals surface area (Å²) in [5, 5.41) is 13.4. The molecule has 0 aliphatic carbocycles. The predicted molar refractivity (Wildman–Crippen MR) is 94.9 cm³/mol. The van der Waals surface area contributed by atoms with Crippen LogP contribution in [-0.4, -0.2) is 10.8 Å². The summed E-state index contributed by atoms with van der Waals surface area (Å²) in [5.41, 5.74) is 1.00. The molecule has 0 radical (unpaired) electrons. The second-order valence-electron chi connectivity index (χ2n) is 5.34. The Labute approximate surface area is 147 Å². The highest BCUT2D eigenvalue weighted by Gasteiger charge is 2.09. The highest BCUT2D eigenvalue weighted by atomic mass is 19.1. The minimum Gasteiger partial charge on any atom is -0.457 e. The standard InChI is InChI=1S/C19H13FN2O4/c20-14-4-6-15(7-5-14)21-19(23)11-9-17-8-10-18(26-17)13-2-1-3-16(12-13)22(24)25/h1-12H,(H,21,23)/b11-9+. The molecule has 0 aliphatic heterocycles. The summed E-state index contributed by atoms with van der Waals surface area (Å²) in [6.07, 6.45) is 2.75. The van der Waals surface area contributed by atoms with E-state index >= 15 is 0 Å². The fourth-order valence-electron chi connectivity index (χ4n) is 2.25. The highest BCUT2D eigenvalue weighted by molar-refractivity contribution is 6.01. The fraction of sp³-hybridized carbons (Fsp3) is 0. The lowest BCUT2D eigenvalue weighted by Crippen LogP contribution is -2.07. The quantitative estimate of drug-likeness (QED) is 0.411. The zero-order chi connectivity index (χ0) is 18.5. The maximum Gasteiger partial charge on any atom is 0.270 e. The van der Waals surface area contributed by atoms with E-state index in [-0.39, 0.29) is 11.5 Å². The third-order valence-corrected chi connectivity index (χ3v) is 3.48. The number of rotatable bonds is 5. The maximum atomic E-state index is 12.8. The Kier molecular flexibility index (Phi) is 4.89. The summed E-state index contributed by atoms with van der Waals surface area (Å²) in [6.45, 7) is 0. The number of nitro benzene ring substituents is 1. The Morgan fingerprint density at radius 3 is 2.62 bits per heavy atom. The Bertz CT molecular complexity index is 977. The first kappa shape index (κ1) is 17.1. The van der Waals surface area contributed by atoms with Gasteiger partial charge in [0.15, 0.2) is 0 Å². The first-order chi connectivity index (χ1) is 12.5. The lowest BCUT2D eigenvalue weighted by molar-refractivity contribution is -0.384. The van der Waals surface area contributed by atoms with E-state index in [1.165, 1.54) is 48.6 Å². The van der Waals surface area contributed by atoms with Gasteiger partial charge in [0.2, 0.25) is 5.91 Å². The van der Waals surface area contributed by atoms with Gasteiger partial charge in [-0.3, -0.25) is 14.9 Å². The van der Waals surface area contributed by atoms with Gasteiger partial charge in [0.1, 0.15) is 17.3 Å². The van der Waals surface area contributed by atoms with Gasteiger partial charge < -0.3 is 9.73 Å². The Morgan fingerprint density at radius 1 is 1.12 bits per heavy atom. The normalized spacial score (nSPS) is 10.8. The molecule has 0 saturated heterocycles. The van der Waals surface area contributed by atoms with Crippen molar-refractivity contribution in [2.24, 2.45) is 0 Å². The summed E-state index contributed by atoms with van der Waals surface area (Å²) in [7, 11) is 0. The number of nitro groups is 1. The van der Waals surface area contributed by atoms with Crippen LogP contribution < -0.4 is 5.32 Å². The molecule has 1 amide bonds. The second kappa shape index (κ2) is 7.43. The fourth-order valence-corrected chi connectivity index (χ4v) is 2.25.